The third kappa shape index (κ3) is 3.09. The lowest BCUT2D eigenvalue weighted by atomic mass is 9.69. The van der Waals surface area contributed by atoms with Crippen LogP contribution in [0.15, 0.2) is 47.3 Å². The molecule has 4 rings (SSSR count). The van der Waals surface area contributed by atoms with Crippen LogP contribution < -0.4 is 5.56 Å². The summed E-state index contributed by atoms with van der Waals surface area (Å²) in [4.78, 5) is 30.2. The number of carbonyl (C=O) groups excluding carboxylic acids is 1. The van der Waals surface area contributed by atoms with E-state index in [1.54, 1.807) is 6.07 Å². The second-order valence-electron chi connectivity index (χ2n) is 7.70. The van der Waals surface area contributed by atoms with E-state index in [2.05, 4.69) is 35.3 Å². The Kier molecular flexibility index (Phi) is 4.66. The largest absolute Gasteiger partial charge is 0.335 e. The van der Waals surface area contributed by atoms with Gasteiger partial charge < -0.3 is 9.88 Å². The van der Waals surface area contributed by atoms with Crippen LogP contribution in [0.25, 0.3) is 0 Å². The van der Waals surface area contributed by atoms with Gasteiger partial charge in [0.15, 0.2) is 0 Å². The molecule has 1 aromatic carbocycles. The number of nitrogens with one attached hydrogen (secondary N) is 1. The first-order valence-electron chi connectivity index (χ1n) is 9.71. The highest BCUT2D eigenvalue weighted by Crippen LogP contribution is 2.44. The molecule has 4 nitrogen and oxygen atoms in total. The summed E-state index contributed by atoms with van der Waals surface area (Å²) >= 11 is 0. The summed E-state index contributed by atoms with van der Waals surface area (Å²) < 4.78 is 0. The molecule has 1 aliphatic heterocycles. The average Bonchev–Trinajstić information content (AvgIpc) is 2.67. The molecule has 2 aromatic rings. The highest BCUT2D eigenvalue weighted by atomic mass is 16.2. The van der Waals surface area contributed by atoms with Crippen molar-refractivity contribution in [3.63, 3.8) is 0 Å². The number of pyridine rings is 1. The third-order valence-corrected chi connectivity index (χ3v) is 6.15. The van der Waals surface area contributed by atoms with Crippen LogP contribution in [0.4, 0.5) is 0 Å². The molecule has 0 spiro atoms. The minimum Gasteiger partial charge on any atom is -0.335 e. The highest BCUT2D eigenvalue weighted by molar-refractivity contribution is 5.94. The van der Waals surface area contributed by atoms with Gasteiger partial charge in [-0.25, -0.2) is 0 Å². The Morgan fingerprint density at radius 1 is 1.04 bits per heavy atom. The number of aromatic nitrogens is 1. The molecule has 2 aliphatic rings. The number of amides is 1. The van der Waals surface area contributed by atoms with Gasteiger partial charge in [-0.1, -0.05) is 43.2 Å². The molecule has 0 unspecified atom stereocenters. The van der Waals surface area contributed by atoms with Gasteiger partial charge in [0.1, 0.15) is 5.56 Å². The van der Waals surface area contributed by atoms with Crippen molar-refractivity contribution in [1.29, 1.82) is 0 Å². The zero-order valence-electron chi connectivity index (χ0n) is 15.3. The number of hydrogen-bond donors (Lipinski definition) is 1. The van der Waals surface area contributed by atoms with Gasteiger partial charge in [-0.05, 0) is 55.7 Å². The molecule has 3 atom stereocenters. The summed E-state index contributed by atoms with van der Waals surface area (Å²) in [5.74, 6) is 0.907. The number of rotatable bonds is 2. The number of nitrogens with zero attached hydrogens (tertiary/aromatic N) is 1. The molecule has 1 aromatic heterocycles. The number of benzene rings is 1. The average molecular weight is 350 g/mol. The Bertz CT molecular complexity index is 843. The lowest BCUT2D eigenvalue weighted by Crippen LogP contribution is -2.53. The van der Waals surface area contributed by atoms with Crippen LogP contribution in [0.2, 0.25) is 0 Å². The van der Waals surface area contributed by atoms with Crippen molar-refractivity contribution in [3.05, 3.63) is 69.6 Å². The van der Waals surface area contributed by atoms with Gasteiger partial charge in [0.25, 0.3) is 11.5 Å². The molecule has 1 N–H and O–H groups in total. The van der Waals surface area contributed by atoms with E-state index in [9.17, 15) is 9.59 Å². The number of aromatic amines is 1. The fourth-order valence-corrected chi connectivity index (χ4v) is 4.92. The SMILES string of the molecule is Cc1ccc(C(=O)N2CC[C@H](c3ccccc3)[C@H]3CCCC[C@H]32)c(=O)[nH]1. The lowest BCUT2D eigenvalue weighted by molar-refractivity contribution is 0.0317. The summed E-state index contributed by atoms with van der Waals surface area (Å²) in [5.41, 5.74) is 2.18. The summed E-state index contributed by atoms with van der Waals surface area (Å²) in [6, 6.07) is 14.5. The Balaban J connectivity index is 1.63. The molecule has 26 heavy (non-hydrogen) atoms. The maximum absolute atomic E-state index is 13.1. The predicted octanol–water partition coefficient (Wildman–Crippen LogP) is 3.87. The van der Waals surface area contributed by atoms with Crippen molar-refractivity contribution in [2.45, 2.75) is 51.0 Å². The second kappa shape index (κ2) is 7.10. The van der Waals surface area contributed by atoms with E-state index < -0.39 is 0 Å². The standard InChI is InChI=1S/C22H26N2O2/c1-15-11-12-19(21(25)23-15)22(26)24-14-13-17(16-7-3-2-4-8-16)18-9-5-6-10-20(18)24/h2-4,7-8,11-12,17-18,20H,5-6,9-10,13-14H2,1H3,(H,23,25)/t17-,18-,20-/m1/s1. The van der Waals surface area contributed by atoms with Crippen LogP contribution in [0.5, 0.6) is 0 Å². The van der Waals surface area contributed by atoms with Crippen LogP contribution in [-0.4, -0.2) is 28.4 Å². The molecular formula is C22H26N2O2. The van der Waals surface area contributed by atoms with Gasteiger partial charge in [0.05, 0.1) is 0 Å². The fraction of sp³-hybridized carbons (Fsp3) is 0.455. The summed E-state index contributed by atoms with van der Waals surface area (Å²) in [6.45, 7) is 2.56. The molecule has 2 fully saturated rings. The predicted molar refractivity (Wildman–Crippen MR) is 102 cm³/mol. The number of piperidine rings is 1. The molecule has 1 aliphatic carbocycles. The van der Waals surface area contributed by atoms with Crippen molar-refractivity contribution >= 4 is 5.91 Å². The fourth-order valence-electron chi connectivity index (χ4n) is 4.92. The zero-order valence-corrected chi connectivity index (χ0v) is 15.3. The van der Waals surface area contributed by atoms with Gasteiger partial charge in [-0.2, -0.15) is 0 Å². The normalized spacial score (nSPS) is 25.6. The monoisotopic (exact) mass is 350 g/mol. The number of H-pyrrole nitrogens is 1. The van der Waals surface area contributed by atoms with Crippen LogP contribution in [0.3, 0.4) is 0 Å². The van der Waals surface area contributed by atoms with Crippen LogP contribution in [0.1, 0.15) is 59.6 Å². The van der Waals surface area contributed by atoms with E-state index in [0.717, 1.165) is 37.9 Å². The smallest absolute Gasteiger partial charge is 0.260 e. The Morgan fingerprint density at radius 3 is 2.58 bits per heavy atom. The first kappa shape index (κ1) is 17.1. The van der Waals surface area contributed by atoms with Crippen molar-refractivity contribution in [3.8, 4) is 0 Å². The van der Waals surface area contributed by atoms with E-state index in [1.807, 2.05) is 17.9 Å². The molecule has 2 heterocycles. The molecule has 0 radical (unpaired) electrons. The Hall–Kier alpha value is -2.36. The van der Waals surface area contributed by atoms with E-state index in [1.165, 1.54) is 12.0 Å². The lowest BCUT2D eigenvalue weighted by Gasteiger charge is -2.48. The second-order valence-corrected chi connectivity index (χ2v) is 7.70. The number of hydrogen-bond acceptors (Lipinski definition) is 2. The van der Waals surface area contributed by atoms with Crippen molar-refractivity contribution in [2.24, 2.45) is 5.92 Å². The molecule has 1 saturated carbocycles. The van der Waals surface area contributed by atoms with Gasteiger partial charge in [0.2, 0.25) is 0 Å². The first-order valence-corrected chi connectivity index (χ1v) is 9.71. The van der Waals surface area contributed by atoms with Crippen LogP contribution in [0, 0.1) is 12.8 Å². The number of likely N-dealkylation sites (tertiary alicyclic amines) is 1. The van der Waals surface area contributed by atoms with Crippen molar-refractivity contribution < 1.29 is 4.79 Å². The topological polar surface area (TPSA) is 53.2 Å². The zero-order chi connectivity index (χ0) is 18.1. The maximum atomic E-state index is 13.1. The molecule has 136 valence electrons. The minimum atomic E-state index is -0.271. The Morgan fingerprint density at radius 2 is 1.81 bits per heavy atom. The third-order valence-electron chi connectivity index (χ3n) is 6.15. The van der Waals surface area contributed by atoms with Crippen molar-refractivity contribution in [1.82, 2.24) is 9.88 Å². The maximum Gasteiger partial charge on any atom is 0.260 e. The number of aryl methyl sites for hydroxylation is 1. The van der Waals surface area contributed by atoms with E-state index in [0.29, 0.717) is 11.8 Å². The minimum absolute atomic E-state index is 0.102. The van der Waals surface area contributed by atoms with Crippen LogP contribution in [-0.2, 0) is 0 Å². The van der Waals surface area contributed by atoms with E-state index >= 15 is 0 Å². The van der Waals surface area contributed by atoms with Gasteiger partial charge in [-0.3, -0.25) is 9.59 Å². The molecule has 1 amide bonds. The summed E-state index contributed by atoms with van der Waals surface area (Å²) in [5, 5.41) is 0. The van der Waals surface area contributed by atoms with E-state index in [4.69, 9.17) is 0 Å². The summed E-state index contributed by atoms with van der Waals surface area (Å²) in [6.07, 6.45) is 5.58. The van der Waals surface area contributed by atoms with Crippen LogP contribution >= 0.6 is 0 Å². The number of carbonyl (C=O) groups is 1. The molecular weight excluding hydrogens is 324 g/mol. The first-order chi connectivity index (χ1) is 12.6. The Labute approximate surface area is 154 Å². The van der Waals surface area contributed by atoms with Gasteiger partial charge in [-0.15, -0.1) is 0 Å². The van der Waals surface area contributed by atoms with E-state index in [-0.39, 0.29) is 23.1 Å². The summed E-state index contributed by atoms with van der Waals surface area (Å²) in [7, 11) is 0. The van der Waals surface area contributed by atoms with Gasteiger partial charge in [0, 0.05) is 18.3 Å². The van der Waals surface area contributed by atoms with Gasteiger partial charge >= 0.3 is 0 Å². The van der Waals surface area contributed by atoms with Crippen molar-refractivity contribution in [2.75, 3.05) is 6.54 Å². The molecule has 0 bridgehead atoms. The highest BCUT2D eigenvalue weighted by Gasteiger charge is 2.42. The quantitative estimate of drug-likeness (QED) is 0.894. The number of fused-ring (bicyclic) bond motifs is 1. The molecule has 4 heteroatoms. The molecule has 1 saturated heterocycles.